The summed E-state index contributed by atoms with van der Waals surface area (Å²) in [4.78, 5) is 11.0. The van der Waals surface area contributed by atoms with E-state index in [1.54, 1.807) is 0 Å². The van der Waals surface area contributed by atoms with Gasteiger partial charge in [-0.15, -0.1) is 0 Å². The Hall–Kier alpha value is -0.480. The van der Waals surface area contributed by atoms with Gasteiger partial charge in [-0.05, 0) is 31.3 Å². The predicted octanol–water partition coefficient (Wildman–Crippen LogP) is 1.59. The zero-order valence-electron chi connectivity index (χ0n) is 9.20. The first-order valence-electron chi connectivity index (χ1n) is 5.47. The van der Waals surface area contributed by atoms with E-state index in [9.17, 15) is 4.79 Å². The number of carbonyl (C=O) groups excluding carboxylic acids is 1. The first kappa shape index (κ1) is 12.6. The smallest absolute Gasteiger partial charge is 0.330 e. The van der Waals surface area contributed by atoms with Gasteiger partial charge in [0, 0.05) is 18.7 Å². The predicted molar refractivity (Wildman–Crippen MR) is 64.1 cm³/mol. The van der Waals surface area contributed by atoms with Crippen LogP contribution in [0.3, 0.4) is 0 Å². The van der Waals surface area contributed by atoms with Gasteiger partial charge < -0.3 is 10.1 Å². The van der Waals surface area contributed by atoms with Gasteiger partial charge in [-0.25, -0.2) is 4.79 Å². The second kappa shape index (κ2) is 7.77. The van der Waals surface area contributed by atoms with Crippen molar-refractivity contribution >= 4 is 17.7 Å². The minimum atomic E-state index is -0.251. The fourth-order valence-electron chi connectivity index (χ4n) is 1.48. The minimum Gasteiger partial charge on any atom is -0.463 e. The molecule has 0 aromatic rings. The van der Waals surface area contributed by atoms with Gasteiger partial charge in [0.05, 0.1) is 6.61 Å². The fourth-order valence-corrected chi connectivity index (χ4v) is 2.59. The highest BCUT2D eigenvalue weighted by Gasteiger charge is 2.11. The zero-order valence-corrected chi connectivity index (χ0v) is 10.0. The Morgan fingerprint density at radius 2 is 2.27 bits per heavy atom. The van der Waals surface area contributed by atoms with Crippen molar-refractivity contribution < 1.29 is 9.53 Å². The number of thioether (sulfide) groups is 1. The average Bonchev–Trinajstić information content (AvgIpc) is 2.26. The van der Waals surface area contributed by atoms with E-state index >= 15 is 0 Å². The van der Waals surface area contributed by atoms with Crippen LogP contribution in [0.1, 0.15) is 19.8 Å². The van der Waals surface area contributed by atoms with E-state index in [1.165, 1.54) is 30.4 Å². The first-order valence-corrected chi connectivity index (χ1v) is 6.63. The molecule has 0 radical (unpaired) electrons. The molecule has 0 bridgehead atoms. The Bertz CT molecular complexity index is 213. The maximum absolute atomic E-state index is 11.0. The molecule has 1 aliphatic rings. The fraction of sp³-hybridized carbons (Fsp3) is 0.727. The summed E-state index contributed by atoms with van der Waals surface area (Å²) in [6.45, 7) is 3.01. The summed E-state index contributed by atoms with van der Waals surface area (Å²) >= 11 is 2.02. The van der Waals surface area contributed by atoms with Crippen LogP contribution in [-0.2, 0) is 9.53 Å². The molecule has 86 valence electrons. The molecule has 4 heteroatoms. The summed E-state index contributed by atoms with van der Waals surface area (Å²) in [5.41, 5.74) is 0. The molecule has 15 heavy (non-hydrogen) atoms. The van der Waals surface area contributed by atoms with Crippen molar-refractivity contribution in [2.45, 2.75) is 25.8 Å². The minimum absolute atomic E-state index is 0.251. The highest BCUT2D eigenvalue weighted by atomic mass is 32.2. The second-order valence-corrected chi connectivity index (χ2v) is 4.67. The molecule has 1 saturated heterocycles. The van der Waals surface area contributed by atoms with Gasteiger partial charge in [-0.1, -0.05) is 6.08 Å². The summed E-state index contributed by atoms with van der Waals surface area (Å²) < 4.78 is 4.78. The zero-order chi connectivity index (χ0) is 10.9. The molecule has 0 spiro atoms. The second-order valence-electron chi connectivity index (χ2n) is 3.45. The number of esters is 1. The molecule has 0 aromatic carbocycles. The van der Waals surface area contributed by atoms with Crippen LogP contribution < -0.4 is 5.32 Å². The number of rotatable bonds is 5. The van der Waals surface area contributed by atoms with Gasteiger partial charge in [-0.2, -0.15) is 11.8 Å². The number of ether oxygens (including phenoxy) is 1. The van der Waals surface area contributed by atoms with Crippen LogP contribution in [-0.4, -0.2) is 36.7 Å². The lowest BCUT2D eigenvalue weighted by molar-refractivity contribution is -0.137. The Morgan fingerprint density at radius 1 is 1.53 bits per heavy atom. The van der Waals surface area contributed by atoms with Crippen molar-refractivity contribution in [1.29, 1.82) is 0 Å². The molecule has 0 atom stereocenters. The Morgan fingerprint density at radius 3 is 2.93 bits per heavy atom. The van der Waals surface area contributed by atoms with Gasteiger partial charge in [-0.3, -0.25) is 0 Å². The van der Waals surface area contributed by atoms with Crippen LogP contribution in [0.15, 0.2) is 12.2 Å². The van der Waals surface area contributed by atoms with Crippen LogP contribution in [0, 0.1) is 0 Å². The maximum Gasteiger partial charge on any atom is 0.330 e. The molecule has 1 heterocycles. The molecular formula is C11H19NO2S. The van der Waals surface area contributed by atoms with E-state index in [0.717, 1.165) is 6.54 Å². The third kappa shape index (κ3) is 5.85. The van der Waals surface area contributed by atoms with Crippen LogP contribution in [0.5, 0.6) is 0 Å². The van der Waals surface area contributed by atoms with Gasteiger partial charge in [0.2, 0.25) is 0 Å². The summed E-state index contributed by atoms with van der Waals surface area (Å²) in [6, 6.07) is 0.623. The van der Waals surface area contributed by atoms with E-state index in [2.05, 4.69) is 5.32 Å². The van der Waals surface area contributed by atoms with E-state index in [-0.39, 0.29) is 5.97 Å². The highest BCUT2D eigenvalue weighted by Crippen LogP contribution is 2.16. The number of hydrogen-bond donors (Lipinski definition) is 1. The molecule has 0 aromatic heterocycles. The van der Waals surface area contributed by atoms with Crippen LogP contribution in [0.2, 0.25) is 0 Å². The van der Waals surface area contributed by atoms with Gasteiger partial charge in [0.1, 0.15) is 0 Å². The van der Waals surface area contributed by atoms with Crippen molar-refractivity contribution in [3.63, 3.8) is 0 Å². The summed E-state index contributed by atoms with van der Waals surface area (Å²) in [6.07, 6.45) is 5.80. The lowest BCUT2D eigenvalue weighted by Gasteiger charge is -2.21. The van der Waals surface area contributed by atoms with Gasteiger partial charge >= 0.3 is 5.97 Å². The van der Waals surface area contributed by atoms with Crippen LogP contribution >= 0.6 is 11.8 Å². The Balaban J connectivity index is 2.06. The van der Waals surface area contributed by atoms with Crippen LogP contribution in [0.25, 0.3) is 0 Å². The molecule has 0 aliphatic carbocycles. The van der Waals surface area contributed by atoms with Crippen molar-refractivity contribution in [1.82, 2.24) is 5.32 Å². The molecule has 0 saturated carbocycles. The Kier molecular flexibility index (Phi) is 6.52. The molecule has 1 rings (SSSR count). The number of nitrogens with one attached hydrogen (secondary N) is 1. The van der Waals surface area contributed by atoms with Gasteiger partial charge in [0.15, 0.2) is 0 Å². The van der Waals surface area contributed by atoms with E-state index in [0.29, 0.717) is 12.6 Å². The normalized spacial score (nSPS) is 18.2. The van der Waals surface area contributed by atoms with Gasteiger partial charge in [0.25, 0.3) is 0 Å². The quantitative estimate of drug-likeness (QED) is 0.574. The lowest BCUT2D eigenvalue weighted by atomic mass is 10.1. The third-order valence-electron chi connectivity index (χ3n) is 2.29. The summed E-state index contributed by atoms with van der Waals surface area (Å²) in [5.74, 6) is 2.25. The largest absolute Gasteiger partial charge is 0.463 e. The molecule has 1 N–H and O–H groups in total. The van der Waals surface area contributed by atoms with Crippen molar-refractivity contribution in [3.8, 4) is 0 Å². The number of hydrogen-bond acceptors (Lipinski definition) is 4. The maximum atomic E-state index is 11.0. The van der Waals surface area contributed by atoms with E-state index in [1.807, 2.05) is 24.8 Å². The molecular weight excluding hydrogens is 210 g/mol. The first-order chi connectivity index (χ1) is 7.33. The highest BCUT2D eigenvalue weighted by molar-refractivity contribution is 7.99. The van der Waals surface area contributed by atoms with E-state index < -0.39 is 0 Å². The summed E-state index contributed by atoms with van der Waals surface area (Å²) in [7, 11) is 0. The van der Waals surface area contributed by atoms with Crippen molar-refractivity contribution in [2.24, 2.45) is 0 Å². The molecule has 0 amide bonds. The third-order valence-corrected chi connectivity index (χ3v) is 3.33. The topological polar surface area (TPSA) is 38.3 Å². The van der Waals surface area contributed by atoms with Crippen molar-refractivity contribution in [3.05, 3.63) is 12.2 Å². The lowest BCUT2D eigenvalue weighted by Crippen LogP contribution is -2.32. The van der Waals surface area contributed by atoms with Crippen molar-refractivity contribution in [2.75, 3.05) is 24.7 Å². The Labute approximate surface area is 95.6 Å². The van der Waals surface area contributed by atoms with Crippen LogP contribution in [0.4, 0.5) is 0 Å². The number of carbonyl (C=O) groups is 1. The van der Waals surface area contributed by atoms with E-state index in [4.69, 9.17) is 4.74 Å². The molecule has 0 unspecified atom stereocenters. The average molecular weight is 229 g/mol. The standard InChI is InChI=1S/C11H19NO2S/c1-2-14-11(13)4-3-7-12-10-5-8-15-9-6-10/h3-4,10,12H,2,5-9H2,1H3/b4-3+. The molecule has 1 fully saturated rings. The monoisotopic (exact) mass is 229 g/mol. The SMILES string of the molecule is CCOC(=O)/C=C/CNC1CCSCC1. The summed E-state index contributed by atoms with van der Waals surface area (Å²) in [5, 5.41) is 3.41. The molecule has 1 aliphatic heterocycles. The molecule has 3 nitrogen and oxygen atoms in total.